The number of aromatic nitrogens is 2. The lowest BCUT2D eigenvalue weighted by molar-refractivity contribution is 0.0691. The molecule has 29 heavy (non-hydrogen) atoms. The molecular weight excluding hydrogens is 389 g/mol. The first kappa shape index (κ1) is 20.8. The van der Waals surface area contributed by atoms with E-state index in [-0.39, 0.29) is 11.4 Å². The molecule has 2 aromatic heterocycles. The summed E-state index contributed by atoms with van der Waals surface area (Å²) in [6.07, 6.45) is 3.49. The molecule has 0 spiro atoms. The minimum atomic E-state index is -0.985. The average molecular weight is 412 g/mol. The van der Waals surface area contributed by atoms with Crippen LogP contribution in [0.25, 0.3) is 0 Å². The summed E-state index contributed by atoms with van der Waals surface area (Å²) in [5.74, 6) is 0.0808. The Hall–Kier alpha value is -2.93. The molecule has 0 amide bonds. The number of aryl methyl sites for hydroxylation is 1. The lowest BCUT2D eigenvalue weighted by Gasteiger charge is -2.25. The van der Waals surface area contributed by atoms with E-state index in [1.807, 2.05) is 30.0 Å². The number of hydrogen-bond donors (Lipinski definition) is 1. The molecule has 0 aliphatic carbocycles. The number of pyridine rings is 2. The number of benzene rings is 1. The van der Waals surface area contributed by atoms with Crippen LogP contribution in [0.15, 0.2) is 59.9 Å². The van der Waals surface area contributed by atoms with Gasteiger partial charge in [0.2, 0.25) is 0 Å². The van der Waals surface area contributed by atoms with E-state index >= 15 is 0 Å². The van der Waals surface area contributed by atoms with Gasteiger partial charge in [0.1, 0.15) is 16.7 Å². The van der Waals surface area contributed by atoms with Crippen LogP contribution < -0.4 is 4.90 Å². The van der Waals surface area contributed by atoms with E-state index in [4.69, 9.17) is 0 Å². The zero-order valence-corrected chi connectivity index (χ0v) is 17.1. The van der Waals surface area contributed by atoms with Gasteiger partial charge in [0.15, 0.2) is 0 Å². The van der Waals surface area contributed by atoms with Crippen molar-refractivity contribution >= 4 is 23.5 Å². The Balaban J connectivity index is 2.03. The zero-order chi connectivity index (χ0) is 20.8. The molecule has 0 atom stereocenters. The Labute approximate surface area is 173 Å². The highest BCUT2D eigenvalue weighted by Crippen LogP contribution is 2.29. The maximum atomic E-state index is 13.7. The van der Waals surface area contributed by atoms with Gasteiger partial charge in [-0.15, -0.1) is 11.8 Å². The fourth-order valence-corrected chi connectivity index (χ4v) is 3.90. The van der Waals surface area contributed by atoms with Gasteiger partial charge in [-0.3, -0.25) is 4.98 Å². The van der Waals surface area contributed by atoms with Crippen molar-refractivity contribution in [2.24, 2.45) is 0 Å². The smallest absolute Gasteiger partial charge is 0.338 e. The summed E-state index contributed by atoms with van der Waals surface area (Å²) >= 11 is 1.40. The molecule has 0 radical (unpaired) electrons. The number of hydrogen-bond acceptors (Lipinski definition) is 5. The molecule has 3 aromatic rings. The molecule has 5 nitrogen and oxygen atoms in total. The van der Waals surface area contributed by atoms with Crippen molar-refractivity contribution in [3.63, 3.8) is 0 Å². The van der Waals surface area contributed by atoms with Crippen molar-refractivity contribution in [2.75, 3.05) is 10.7 Å². The van der Waals surface area contributed by atoms with Crippen molar-refractivity contribution in [2.45, 2.75) is 32.0 Å². The molecule has 0 aliphatic rings. The van der Waals surface area contributed by atoms with Gasteiger partial charge < -0.3 is 10.0 Å². The van der Waals surface area contributed by atoms with Crippen molar-refractivity contribution in [3.8, 4) is 0 Å². The summed E-state index contributed by atoms with van der Waals surface area (Å²) in [4.78, 5) is 22.5. The maximum absolute atomic E-state index is 13.7. The molecule has 1 N–H and O–H groups in total. The van der Waals surface area contributed by atoms with Gasteiger partial charge in [-0.25, -0.2) is 14.2 Å². The lowest BCUT2D eigenvalue weighted by atomic mass is 10.1. The van der Waals surface area contributed by atoms with Gasteiger partial charge in [-0.1, -0.05) is 25.1 Å². The van der Waals surface area contributed by atoms with Crippen LogP contribution in [0.3, 0.4) is 0 Å². The van der Waals surface area contributed by atoms with Gasteiger partial charge in [0.05, 0.1) is 5.56 Å². The van der Waals surface area contributed by atoms with Crippen LogP contribution in [0, 0.1) is 12.7 Å². The van der Waals surface area contributed by atoms with Crippen LogP contribution in [-0.2, 0) is 13.1 Å². The van der Waals surface area contributed by atoms with Crippen LogP contribution in [0.2, 0.25) is 0 Å². The molecule has 0 bridgehead atoms. The van der Waals surface area contributed by atoms with E-state index < -0.39 is 5.97 Å². The Bertz CT molecular complexity index is 999. The van der Waals surface area contributed by atoms with Crippen LogP contribution in [0.5, 0.6) is 0 Å². The van der Waals surface area contributed by atoms with Gasteiger partial charge in [0.25, 0.3) is 0 Å². The molecule has 0 saturated heterocycles. The second kappa shape index (κ2) is 9.52. The van der Waals surface area contributed by atoms with E-state index in [1.165, 1.54) is 23.9 Å². The summed E-state index contributed by atoms with van der Waals surface area (Å²) in [6.45, 7) is 4.68. The molecule has 3 rings (SSSR count). The Morgan fingerprint density at radius 3 is 2.59 bits per heavy atom. The highest BCUT2D eigenvalue weighted by Gasteiger charge is 2.20. The monoisotopic (exact) mass is 411 g/mol. The predicted molar refractivity (Wildman–Crippen MR) is 113 cm³/mol. The number of aromatic carboxylic acids is 1. The van der Waals surface area contributed by atoms with E-state index in [2.05, 4.69) is 9.97 Å². The SMILES string of the molecule is CCSc1nc(N(Cc2cccnc2)Cc2cccc(F)c2)cc(C)c1C(=O)O. The first-order valence-corrected chi connectivity index (χ1v) is 10.2. The molecule has 2 heterocycles. The number of carboxylic acid groups (broad SMARTS) is 1. The lowest BCUT2D eigenvalue weighted by Crippen LogP contribution is -2.24. The van der Waals surface area contributed by atoms with Crippen molar-refractivity contribution in [3.05, 3.63) is 82.9 Å². The summed E-state index contributed by atoms with van der Waals surface area (Å²) in [7, 11) is 0. The fraction of sp³-hybridized carbons (Fsp3) is 0.227. The topological polar surface area (TPSA) is 66.3 Å². The standard InChI is InChI=1S/C22H22FN3O2S/c1-3-29-21-20(22(27)28)15(2)10-19(25-21)26(14-17-7-5-9-24-12-17)13-16-6-4-8-18(23)11-16/h4-12H,3,13-14H2,1-2H3,(H,27,28). The largest absolute Gasteiger partial charge is 0.478 e. The number of thioether (sulfide) groups is 1. The molecule has 0 fully saturated rings. The molecule has 0 unspecified atom stereocenters. The summed E-state index contributed by atoms with van der Waals surface area (Å²) in [5, 5.41) is 10.1. The molecule has 7 heteroatoms. The number of halogens is 1. The minimum absolute atomic E-state index is 0.229. The van der Waals surface area contributed by atoms with Crippen LogP contribution >= 0.6 is 11.8 Å². The quantitative estimate of drug-likeness (QED) is 0.530. The summed E-state index contributed by atoms with van der Waals surface area (Å²) in [5.41, 5.74) is 2.66. The van der Waals surface area contributed by atoms with Crippen molar-refractivity contribution in [1.29, 1.82) is 0 Å². The molecule has 0 aliphatic heterocycles. The Morgan fingerprint density at radius 1 is 1.17 bits per heavy atom. The number of carboxylic acids is 1. The fourth-order valence-electron chi connectivity index (χ4n) is 3.08. The zero-order valence-electron chi connectivity index (χ0n) is 16.3. The molecule has 0 saturated carbocycles. The highest BCUT2D eigenvalue weighted by atomic mass is 32.2. The third-order valence-electron chi connectivity index (χ3n) is 4.35. The van der Waals surface area contributed by atoms with E-state index in [0.717, 1.165) is 11.1 Å². The van der Waals surface area contributed by atoms with Crippen LogP contribution in [0.4, 0.5) is 10.2 Å². The maximum Gasteiger partial charge on any atom is 0.338 e. The van der Waals surface area contributed by atoms with Gasteiger partial charge >= 0.3 is 5.97 Å². The van der Waals surface area contributed by atoms with Crippen molar-refractivity contribution < 1.29 is 14.3 Å². The second-order valence-electron chi connectivity index (χ2n) is 6.56. The third-order valence-corrected chi connectivity index (χ3v) is 5.21. The highest BCUT2D eigenvalue weighted by molar-refractivity contribution is 7.99. The number of carbonyl (C=O) groups is 1. The van der Waals surface area contributed by atoms with Gasteiger partial charge in [-0.2, -0.15) is 0 Å². The van der Waals surface area contributed by atoms with E-state index in [1.54, 1.807) is 31.5 Å². The normalized spacial score (nSPS) is 10.7. The van der Waals surface area contributed by atoms with Crippen molar-refractivity contribution in [1.82, 2.24) is 9.97 Å². The van der Waals surface area contributed by atoms with E-state index in [0.29, 0.717) is 35.2 Å². The number of rotatable bonds is 8. The Kier molecular flexibility index (Phi) is 6.82. The first-order chi connectivity index (χ1) is 14.0. The third kappa shape index (κ3) is 5.32. The number of nitrogens with zero attached hydrogens (tertiary/aromatic N) is 3. The first-order valence-electron chi connectivity index (χ1n) is 9.24. The molecular formula is C22H22FN3O2S. The van der Waals surface area contributed by atoms with Crippen LogP contribution in [0.1, 0.15) is 34.0 Å². The summed E-state index contributed by atoms with van der Waals surface area (Å²) < 4.78 is 13.7. The predicted octanol–water partition coefficient (Wildman–Crippen LogP) is 4.94. The minimum Gasteiger partial charge on any atom is -0.478 e. The van der Waals surface area contributed by atoms with Gasteiger partial charge in [-0.05, 0) is 53.6 Å². The van der Waals surface area contributed by atoms with Crippen LogP contribution in [-0.4, -0.2) is 26.8 Å². The summed E-state index contributed by atoms with van der Waals surface area (Å²) in [6, 6.07) is 12.0. The Morgan fingerprint density at radius 2 is 1.93 bits per heavy atom. The number of anilines is 1. The second-order valence-corrected chi connectivity index (χ2v) is 7.82. The van der Waals surface area contributed by atoms with Gasteiger partial charge in [0, 0.05) is 25.5 Å². The van der Waals surface area contributed by atoms with E-state index in [9.17, 15) is 14.3 Å². The molecule has 150 valence electrons. The molecule has 1 aromatic carbocycles. The average Bonchev–Trinajstić information content (AvgIpc) is 2.68.